The number of hydrogen-bond donors (Lipinski definition) is 2. The molecule has 0 aliphatic rings. The molecule has 0 fully saturated rings. The molecule has 1 heterocycles. The van der Waals surface area contributed by atoms with Crippen LogP contribution in [0.1, 0.15) is 45.2 Å². The number of unbranched alkanes of at least 4 members (excludes halogenated alkanes) is 1. The molecule has 0 aromatic carbocycles. The van der Waals surface area contributed by atoms with Crippen LogP contribution in [0.3, 0.4) is 0 Å². The molecule has 1 atom stereocenters. The Morgan fingerprint density at radius 2 is 2.04 bits per heavy atom. The molecular weight excluding hydrogens is 336 g/mol. The second kappa shape index (κ2) is 13.6. The molecule has 1 aromatic rings. The molecule has 138 valence electrons. The van der Waals surface area contributed by atoms with Crippen molar-refractivity contribution in [2.24, 2.45) is 4.99 Å². The van der Waals surface area contributed by atoms with Crippen molar-refractivity contribution in [2.75, 3.05) is 44.7 Å². The van der Waals surface area contributed by atoms with Gasteiger partial charge >= 0.3 is 0 Å². The largest absolute Gasteiger partial charge is 0.357 e. The lowest BCUT2D eigenvalue weighted by atomic mass is 10.1. The zero-order valence-corrected chi connectivity index (χ0v) is 17.3. The zero-order valence-electron chi connectivity index (χ0n) is 15.7. The number of thioether (sulfide) groups is 1. The van der Waals surface area contributed by atoms with Crippen LogP contribution < -0.4 is 10.6 Å². The number of aliphatic imine (C=N–C) groups is 1. The van der Waals surface area contributed by atoms with E-state index in [1.54, 1.807) is 11.3 Å². The van der Waals surface area contributed by atoms with Crippen molar-refractivity contribution in [1.82, 2.24) is 15.5 Å². The monoisotopic (exact) mass is 370 g/mol. The van der Waals surface area contributed by atoms with E-state index in [1.165, 1.54) is 24.2 Å². The van der Waals surface area contributed by atoms with Gasteiger partial charge in [0.05, 0.1) is 12.6 Å². The Morgan fingerprint density at radius 1 is 1.25 bits per heavy atom. The van der Waals surface area contributed by atoms with Crippen molar-refractivity contribution >= 4 is 29.1 Å². The summed E-state index contributed by atoms with van der Waals surface area (Å²) in [5, 5.41) is 11.2. The van der Waals surface area contributed by atoms with Gasteiger partial charge in [0.15, 0.2) is 5.96 Å². The molecule has 0 aliphatic carbocycles. The fraction of sp³-hybridized carbons (Fsp3) is 0.722. The van der Waals surface area contributed by atoms with Crippen LogP contribution in [0.25, 0.3) is 0 Å². The van der Waals surface area contributed by atoms with E-state index in [4.69, 9.17) is 4.99 Å². The molecule has 0 radical (unpaired) electrons. The van der Waals surface area contributed by atoms with E-state index in [1.807, 2.05) is 11.8 Å². The van der Waals surface area contributed by atoms with E-state index in [0.29, 0.717) is 6.04 Å². The van der Waals surface area contributed by atoms with Crippen LogP contribution in [0.5, 0.6) is 0 Å². The quantitative estimate of drug-likeness (QED) is 0.333. The van der Waals surface area contributed by atoms with Gasteiger partial charge < -0.3 is 10.6 Å². The molecule has 0 saturated heterocycles. The summed E-state index contributed by atoms with van der Waals surface area (Å²) in [7, 11) is 0. The van der Waals surface area contributed by atoms with E-state index < -0.39 is 0 Å². The summed E-state index contributed by atoms with van der Waals surface area (Å²) in [5.41, 5.74) is 1.38. The molecule has 1 unspecified atom stereocenters. The molecule has 0 aliphatic heterocycles. The van der Waals surface area contributed by atoms with Gasteiger partial charge in [0.2, 0.25) is 0 Å². The third-order valence-corrected chi connectivity index (χ3v) is 5.41. The molecule has 24 heavy (non-hydrogen) atoms. The van der Waals surface area contributed by atoms with Crippen molar-refractivity contribution in [3.63, 3.8) is 0 Å². The molecule has 2 N–H and O–H groups in total. The van der Waals surface area contributed by atoms with Gasteiger partial charge in [-0.15, -0.1) is 0 Å². The van der Waals surface area contributed by atoms with Gasteiger partial charge in [0.25, 0.3) is 0 Å². The second-order valence-corrected chi connectivity index (χ2v) is 7.41. The summed E-state index contributed by atoms with van der Waals surface area (Å²) in [6.07, 6.45) is 4.61. The van der Waals surface area contributed by atoms with Crippen molar-refractivity contribution in [1.29, 1.82) is 0 Å². The van der Waals surface area contributed by atoms with Gasteiger partial charge in [-0.25, -0.2) is 0 Å². The molecule has 1 rings (SSSR count). The predicted molar refractivity (Wildman–Crippen MR) is 112 cm³/mol. The van der Waals surface area contributed by atoms with E-state index in [2.05, 4.69) is 59.4 Å². The number of rotatable bonds is 12. The summed E-state index contributed by atoms with van der Waals surface area (Å²) in [6, 6.07) is 2.59. The first-order valence-electron chi connectivity index (χ1n) is 9.03. The molecule has 0 saturated carbocycles. The lowest BCUT2D eigenvalue weighted by Gasteiger charge is -2.28. The topological polar surface area (TPSA) is 39.7 Å². The smallest absolute Gasteiger partial charge is 0.191 e. The maximum atomic E-state index is 4.86. The molecule has 0 spiro atoms. The van der Waals surface area contributed by atoms with Crippen molar-refractivity contribution in [3.05, 3.63) is 22.4 Å². The average molecular weight is 371 g/mol. The van der Waals surface area contributed by atoms with Crippen LogP contribution in [-0.2, 0) is 0 Å². The van der Waals surface area contributed by atoms with Gasteiger partial charge in [0.1, 0.15) is 0 Å². The standard InChI is InChI=1S/C18H34N4S2/c1-5-19-18(20-11-8-9-12-23-4)21-14-17(22(6-2)7-3)16-10-13-24-15-16/h10,13,15,17H,5-9,11-12,14H2,1-4H3,(H2,19,20,21). The van der Waals surface area contributed by atoms with Crippen LogP contribution in [0.15, 0.2) is 21.8 Å². The van der Waals surface area contributed by atoms with E-state index >= 15 is 0 Å². The van der Waals surface area contributed by atoms with E-state index in [9.17, 15) is 0 Å². The predicted octanol–water partition coefficient (Wildman–Crippen LogP) is 3.83. The van der Waals surface area contributed by atoms with Crippen LogP contribution in [0.2, 0.25) is 0 Å². The van der Waals surface area contributed by atoms with Gasteiger partial charge in [-0.05, 0) is 67.3 Å². The highest BCUT2D eigenvalue weighted by atomic mass is 32.2. The lowest BCUT2D eigenvalue weighted by molar-refractivity contribution is 0.224. The number of likely N-dealkylation sites (N-methyl/N-ethyl adjacent to an activating group) is 1. The Labute approximate surface area is 156 Å². The number of nitrogens with one attached hydrogen (secondary N) is 2. The highest BCUT2D eigenvalue weighted by Gasteiger charge is 2.18. The van der Waals surface area contributed by atoms with Crippen molar-refractivity contribution < 1.29 is 0 Å². The van der Waals surface area contributed by atoms with Gasteiger partial charge in [-0.1, -0.05) is 13.8 Å². The first-order valence-corrected chi connectivity index (χ1v) is 11.4. The Hall–Kier alpha value is -0.720. The maximum Gasteiger partial charge on any atom is 0.191 e. The minimum absolute atomic E-state index is 0.359. The first kappa shape index (κ1) is 21.3. The molecular formula is C18H34N4S2. The Kier molecular flexibility index (Phi) is 12.0. The third-order valence-electron chi connectivity index (χ3n) is 4.02. The number of guanidine groups is 1. The molecule has 0 amide bonds. The minimum atomic E-state index is 0.359. The normalized spacial score (nSPS) is 13.3. The zero-order chi connectivity index (χ0) is 17.6. The summed E-state index contributed by atoms with van der Waals surface area (Å²) in [6.45, 7) is 11.3. The lowest BCUT2D eigenvalue weighted by Crippen LogP contribution is -2.39. The van der Waals surface area contributed by atoms with Gasteiger partial charge in [0, 0.05) is 13.1 Å². The maximum absolute atomic E-state index is 4.86. The van der Waals surface area contributed by atoms with Crippen LogP contribution in [-0.4, -0.2) is 55.6 Å². The average Bonchev–Trinajstić information content (AvgIpc) is 3.12. The van der Waals surface area contributed by atoms with Crippen molar-refractivity contribution in [3.8, 4) is 0 Å². The third kappa shape index (κ3) is 7.90. The Balaban J connectivity index is 2.64. The van der Waals surface area contributed by atoms with Crippen LogP contribution >= 0.6 is 23.1 Å². The second-order valence-electron chi connectivity index (χ2n) is 5.64. The molecule has 4 nitrogen and oxygen atoms in total. The van der Waals surface area contributed by atoms with Crippen LogP contribution in [0, 0.1) is 0 Å². The Bertz CT molecular complexity index is 430. The van der Waals surface area contributed by atoms with E-state index in [0.717, 1.165) is 38.7 Å². The van der Waals surface area contributed by atoms with Crippen molar-refractivity contribution in [2.45, 2.75) is 39.7 Å². The van der Waals surface area contributed by atoms with Gasteiger partial charge in [-0.3, -0.25) is 9.89 Å². The number of hydrogen-bond acceptors (Lipinski definition) is 4. The minimum Gasteiger partial charge on any atom is -0.357 e. The molecule has 1 aromatic heterocycles. The summed E-state index contributed by atoms with van der Waals surface area (Å²) in [4.78, 5) is 7.34. The SMILES string of the molecule is CCNC(=NCC(c1ccsc1)N(CC)CC)NCCCCSC. The number of thiophene rings is 1. The summed E-state index contributed by atoms with van der Waals surface area (Å²) < 4.78 is 0. The highest BCUT2D eigenvalue weighted by Crippen LogP contribution is 2.23. The van der Waals surface area contributed by atoms with Gasteiger partial charge in [-0.2, -0.15) is 23.1 Å². The molecule has 0 bridgehead atoms. The van der Waals surface area contributed by atoms with Crippen LogP contribution in [0.4, 0.5) is 0 Å². The fourth-order valence-electron chi connectivity index (χ4n) is 2.66. The summed E-state index contributed by atoms with van der Waals surface area (Å²) in [5.74, 6) is 2.17. The fourth-order valence-corrected chi connectivity index (χ4v) is 3.86. The number of nitrogens with zero attached hydrogens (tertiary/aromatic N) is 2. The first-order chi connectivity index (χ1) is 11.8. The Morgan fingerprint density at radius 3 is 2.62 bits per heavy atom. The molecule has 6 heteroatoms. The summed E-state index contributed by atoms with van der Waals surface area (Å²) >= 11 is 3.68. The van der Waals surface area contributed by atoms with E-state index in [-0.39, 0.29) is 0 Å². The highest BCUT2D eigenvalue weighted by molar-refractivity contribution is 7.98.